The first-order valence-electron chi connectivity index (χ1n) is 9.96. The Kier molecular flexibility index (Phi) is 8.14. The Bertz CT molecular complexity index is 263. The maximum atomic E-state index is 8.74. The highest BCUT2D eigenvalue weighted by Gasteiger charge is 2.44. The molecule has 0 spiro atoms. The van der Waals surface area contributed by atoms with E-state index < -0.39 is 0 Å². The minimum Gasteiger partial charge on any atom is -0.396 e. The average Bonchev–Trinajstić information content (AvgIpc) is 3.39. The van der Waals surface area contributed by atoms with E-state index in [0.717, 1.165) is 30.1 Å². The Morgan fingerprint density at radius 2 is 1.19 bits per heavy atom. The van der Waals surface area contributed by atoms with Gasteiger partial charge in [0, 0.05) is 6.61 Å². The molecule has 1 unspecified atom stereocenters. The summed E-state index contributed by atoms with van der Waals surface area (Å²) in [5.41, 5.74) is 0. The molecule has 2 aliphatic rings. The minimum absolute atomic E-state index is 0.379. The second kappa shape index (κ2) is 9.87. The molecule has 1 nitrogen and oxygen atoms in total. The molecule has 2 fully saturated rings. The van der Waals surface area contributed by atoms with Gasteiger partial charge in [-0.3, -0.25) is 0 Å². The number of rotatable bonds is 14. The van der Waals surface area contributed by atoms with Gasteiger partial charge in [-0.15, -0.1) is 0 Å². The topological polar surface area (TPSA) is 20.2 Å². The van der Waals surface area contributed by atoms with Gasteiger partial charge in [-0.1, -0.05) is 71.1 Å². The SMILES string of the molecule is CCCCC[C@@H]1CC1C[C@@H]1C[C@H]1CCCCCCCCO. The van der Waals surface area contributed by atoms with Gasteiger partial charge < -0.3 is 5.11 Å². The molecule has 0 amide bonds. The Hall–Kier alpha value is -0.0400. The molecule has 0 saturated heterocycles. The lowest BCUT2D eigenvalue weighted by atomic mass is 10.0. The molecule has 1 N–H and O–H groups in total. The largest absolute Gasteiger partial charge is 0.396 e. The van der Waals surface area contributed by atoms with Crippen LogP contribution in [0.5, 0.6) is 0 Å². The van der Waals surface area contributed by atoms with Crippen molar-refractivity contribution in [2.24, 2.45) is 23.7 Å². The monoisotopic (exact) mass is 294 g/mol. The molecule has 0 radical (unpaired) electrons. The zero-order valence-corrected chi connectivity index (χ0v) is 14.4. The molecule has 124 valence electrons. The first-order chi connectivity index (χ1) is 10.3. The van der Waals surface area contributed by atoms with Gasteiger partial charge in [-0.05, 0) is 49.4 Å². The van der Waals surface area contributed by atoms with Crippen molar-refractivity contribution in [1.29, 1.82) is 0 Å². The lowest BCUT2D eigenvalue weighted by Gasteiger charge is -2.02. The maximum Gasteiger partial charge on any atom is 0.0431 e. The summed E-state index contributed by atoms with van der Waals surface area (Å²) in [4.78, 5) is 0. The van der Waals surface area contributed by atoms with Crippen LogP contribution in [0.25, 0.3) is 0 Å². The summed E-state index contributed by atoms with van der Waals surface area (Å²) in [6.45, 7) is 2.69. The van der Waals surface area contributed by atoms with E-state index in [2.05, 4.69) is 6.92 Å². The molecule has 2 saturated carbocycles. The smallest absolute Gasteiger partial charge is 0.0431 e. The van der Waals surface area contributed by atoms with Gasteiger partial charge in [0.1, 0.15) is 0 Å². The fourth-order valence-electron chi connectivity index (χ4n) is 4.18. The predicted octanol–water partition coefficient (Wildman–Crippen LogP) is 5.95. The molecule has 21 heavy (non-hydrogen) atoms. The average molecular weight is 295 g/mol. The van der Waals surface area contributed by atoms with Gasteiger partial charge in [0.25, 0.3) is 0 Å². The van der Waals surface area contributed by atoms with Crippen LogP contribution in [0.3, 0.4) is 0 Å². The van der Waals surface area contributed by atoms with Crippen LogP contribution >= 0.6 is 0 Å². The van der Waals surface area contributed by atoms with Crippen LogP contribution in [0.1, 0.15) is 96.8 Å². The quantitative estimate of drug-likeness (QED) is 0.392. The molecular formula is C20H38O. The van der Waals surface area contributed by atoms with Gasteiger partial charge in [-0.25, -0.2) is 0 Å². The second-order valence-corrected chi connectivity index (χ2v) is 7.88. The van der Waals surface area contributed by atoms with E-state index in [9.17, 15) is 0 Å². The zero-order valence-electron chi connectivity index (χ0n) is 14.4. The van der Waals surface area contributed by atoms with Crippen LogP contribution in [-0.4, -0.2) is 11.7 Å². The van der Waals surface area contributed by atoms with Gasteiger partial charge >= 0.3 is 0 Å². The van der Waals surface area contributed by atoms with Crippen LogP contribution in [0.15, 0.2) is 0 Å². The number of aliphatic hydroxyl groups is 1. The second-order valence-electron chi connectivity index (χ2n) is 7.88. The summed E-state index contributed by atoms with van der Waals surface area (Å²) in [6, 6.07) is 0. The number of hydrogen-bond donors (Lipinski definition) is 1. The molecule has 2 rings (SSSR count). The first-order valence-corrected chi connectivity index (χ1v) is 9.96. The minimum atomic E-state index is 0.379. The van der Waals surface area contributed by atoms with Crippen molar-refractivity contribution >= 4 is 0 Å². The highest BCUT2D eigenvalue weighted by Crippen LogP contribution is 2.54. The van der Waals surface area contributed by atoms with Crippen molar-refractivity contribution < 1.29 is 5.11 Å². The summed E-state index contributed by atoms with van der Waals surface area (Å²) in [7, 11) is 0. The molecular weight excluding hydrogens is 256 g/mol. The third-order valence-corrected chi connectivity index (χ3v) is 5.91. The van der Waals surface area contributed by atoms with Gasteiger partial charge in [-0.2, -0.15) is 0 Å². The van der Waals surface area contributed by atoms with Crippen LogP contribution in [0, 0.1) is 23.7 Å². The van der Waals surface area contributed by atoms with Crippen LogP contribution in [0.4, 0.5) is 0 Å². The Labute approximate surface area is 132 Å². The molecule has 0 aromatic carbocycles. The van der Waals surface area contributed by atoms with Gasteiger partial charge in [0.05, 0.1) is 0 Å². The predicted molar refractivity (Wildman–Crippen MR) is 91.4 cm³/mol. The van der Waals surface area contributed by atoms with E-state index in [1.165, 1.54) is 64.2 Å². The molecule has 2 aliphatic carbocycles. The van der Waals surface area contributed by atoms with Gasteiger partial charge in [0.15, 0.2) is 0 Å². The van der Waals surface area contributed by atoms with Crippen molar-refractivity contribution in [2.75, 3.05) is 6.61 Å². The molecule has 1 heteroatoms. The Balaban J connectivity index is 1.36. The summed E-state index contributed by atoms with van der Waals surface area (Å²) in [5.74, 6) is 4.50. The highest BCUT2D eigenvalue weighted by atomic mass is 16.2. The van der Waals surface area contributed by atoms with E-state index >= 15 is 0 Å². The summed E-state index contributed by atoms with van der Waals surface area (Å²) in [5, 5.41) is 8.74. The molecule has 0 heterocycles. The van der Waals surface area contributed by atoms with E-state index in [1.807, 2.05) is 0 Å². The lowest BCUT2D eigenvalue weighted by molar-refractivity contribution is 0.282. The summed E-state index contributed by atoms with van der Waals surface area (Å²) >= 11 is 0. The van der Waals surface area contributed by atoms with Crippen molar-refractivity contribution in [1.82, 2.24) is 0 Å². The maximum absolute atomic E-state index is 8.74. The number of hydrogen-bond acceptors (Lipinski definition) is 1. The molecule has 0 aromatic rings. The third kappa shape index (κ3) is 7.17. The highest BCUT2D eigenvalue weighted by molar-refractivity contribution is 4.94. The van der Waals surface area contributed by atoms with Crippen molar-refractivity contribution in [3.8, 4) is 0 Å². The Morgan fingerprint density at radius 3 is 1.76 bits per heavy atom. The van der Waals surface area contributed by atoms with Crippen molar-refractivity contribution in [3.63, 3.8) is 0 Å². The Morgan fingerprint density at radius 1 is 0.667 bits per heavy atom. The van der Waals surface area contributed by atoms with Crippen molar-refractivity contribution in [2.45, 2.75) is 96.8 Å². The zero-order chi connectivity index (χ0) is 14.9. The fourth-order valence-corrected chi connectivity index (χ4v) is 4.18. The first kappa shape index (κ1) is 17.3. The molecule has 0 bridgehead atoms. The fraction of sp³-hybridized carbons (Fsp3) is 1.00. The standard InChI is InChI=1S/C20H38O/c1-2-3-8-11-17-14-19(17)16-20-15-18(20)12-9-6-4-5-7-10-13-21/h17-21H,2-16H2,1H3/t17-,18-,19?,20+/m1/s1. The van der Waals surface area contributed by atoms with E-state index in [-0.39, 0.29) is 0 Å². The van der Waals surface area contributed by atoms with Crippen molar-refractivity contribution in [3.05, 3.63) is 0 Å². The lowest BCUT2D eigenvalue weighted by Crippen LogP contribution is -1.90. The van der Waals surface area contributed by atoms with Gasteiger partial charge in [0.2, 0.25) is 0 Å². The van der Waals surface area contributed by atoms with E-state index in [0.29, 0.717) is 6.61 Å². The van der Waals surface area contributed by atoms with Crippen LogP contribution in [-0.2, 0) is 0 Å². The van der Waals surface area contributed by atoms with Crippen LogP contribution in [0.2, 0.25) is 0 Å². The molecule has 0 aromatic heterocycles. The normalized spacial score (nSPS) is 30.6. The number of unbranched alkanes of at least 4 members (excludes halogenated alkanes) is 7. The summed E-state index contributed by atoms with van der Waals surface area (Å²) in [6.07, 6.45) is 19.9. The molecule has 4 atom stereocenters. The number of aliphatic hydroxyl groups excluding tert-OH is 1. The summed E-state index contributed by atoms with van der Waals surface area (Å²) < 4.78 is 0. The van der Waals surface area contributed by atoms with Crippen LogP contribution < -0.4 is 0 Å². The third-order valence-electron chi connectivity index (χ3n) is 5.91. The molecule has 0 aliphatic heterocycles. The van der Waals surface area contributed by atoms with E-state index in [4.69, 9.17) is 5.11 Å². The van der Waals surface area contributed by atoms with E-state index in [1.54, 1.807) is 19.3 Å².